The first-order valence-corrected chi connectivity index (χ1v) is 10.2. The third-order valence-electron chi connectivity index (χ3n) is 3.77. The van der Waals surface area contributed by atoms with Gasteiger partial charge in [0.1, 0.15) is 0 Å². The van der Waals surface area contributed by atoms with E-state index >= 15 is 0 Å². The van der Waals surface area contributed by atoms with Gasteiger partial charge in [-0.1, -0.05) is 6.07 Å². The van der Waals surface area contributed by atoms with Crippen LogP contribution in [0.4, 0.5) is 5.82 Å². The Balaban J connectivity index is 1.65. The van der Waals surface area contributed by atoms with Crippen molar-refractivity contribution in [2.24, 2.45) is 0 Å². The number of aromatic nitrogens is 3. The van der Waals surface area contributed by atoms with E-state index < -0.39 is 10.0 Å². The molecule has 0 spiro atoms. The maximum atomic E-state index is 12.4. The van der Waals surface area contributed by atoms with Gasteiger partial charge in [-0.2, -0.15) is 5.10 Å². The lowest BCUT2D eigenvalue weighted by Gasteiger charge is -2.10. The van der Waals surface area contributed by atoms with Crippen molar-refractivity contribution in [2.45, 2.75) is 31.3 Å². The fourth-order valence-corrected chi connectivity index (χ4v) is 3.80. The molecule has 0 aliphatic carbocycles. The molecule has 2 heterocycles. The highest BCUT2D eigenvalue weighted by Crippen LogP contribution is 2.13. The Morgan fingerprint density at radius 2 is 1.89 bits per heavy atom. The first-order chi connectivity index (χ1) is 13.3. The third-order valence-corrected chi connectivity index (χ3v) is 5.44. The van der Waals surface area contributed by atoms with Crippen LogP contribution in [0.1, 0.15) is 29.8 Å². The fraction of sp³-hybridized carbons (Fsp3) is 0.211. The van der Waals surface area contributed by atoms with E-state index in [2.05, 4.69) is 20.1 Å². The van der Waals surface area contributed by atoms with E-state index in [0.29, 0.717) is 17.9 Å². The maximum Gasteiger partial charge on any atom is 0.256 e. The first kappa shape index (κ1) is 19.7. The Hall–Kier alpha value is -3.04. The highest BCUT2D eigenvalue weighted by Gasteiger charge is 2.16. The molecular formula is C19H21N5O3S. The van der Waals surface area contributed by atoms with Gasteiger partial charge in [0, 0.05) is 36.3 Å². The van der Waals surface area contributed by atoms with Gasteiger partial charge in [0.2, 0.25) is 10.0 Å². The number of hydrogen-bond donors (Lipinski definition) is 2. The molecular weight excluding hydrogens is 378 g/mol. The smallest absolute Gasteiger partial charge is 0.256 e. The largest absolute Gasteiger partial charge is 0.305 e. The topological polar surface area (TPSA) is 106 Å². The molecule has 0 atom stereocenters. The normalized spacial score (nSPS) is 11.5. The third kappa shape index (κ3) is 5.02. The van der Waals surface area contributed by atoms with E-state index in [1.807, 2.05) is 12.1 Å². The number of sulfonamides is 1. The number of pyridine rings is 1. The number of hydrogen-bond acceptors (Lipinski definition) is 5. The lowest BCUT2D eigenvalue weighted by atomic mass is 10.2. The van der Waals surface area contributed by atoms with E-state index in [0.717, 1.165) is 5.56 Å². The number of rotatable bonds is 7. The van der Waals surface area contributed by atoms with Crippen molar-refractivity contribution in [3.8, 4) is 0 Å². The lowest BCUT2D eigenvalue weighted by Crippen LogP contribution is -2.30. The molecule has 1 aromatic carbocycles. The van der Waals surface area contributed by atoms with Crippen molar-refractivity contribution < 1.29 is 13.2 Å². The molecule has 0 radical (unpaired) electrons. The second kappa shape index (κ2) is 8.32. The zero-order valence-corrected chi connectivity index (χ0v) is 16.3. The molecule has 28 heavy (non-hydrogen) atoms. The van der Waals surface area contributed by atoms with Crippen LogP contribution in [-0.2, 0) is 16.6 Å². The van der Waals surface area contributed by atoms with Crippen LogP contribution in [0.25, 0.3) is 0 Å². The fourth-order valence-electron chi connectivity index (χ4n) is 2.55. The van der Waals surface area contributed by atoms with E-state index in [4.69, 9.17) is 0 Å². The van der Waals surface area contributed by atoms with Gasteiger partial charge in [0.05, 0.1) is 11.4 Å². The van der Waals surface area contributed by atoms with Crippen LogP contribution in [0, 0.1) is 0 Å². The summed E-state index contributed by atoms with van der Waals surface area (Å²) >= 11 is 0. The minimum Gasteiger partial charge on any atom is -0.305 e. The van der Waals surface area contributed by atoms with Crippen LogP contribution in [0.2, 0.25) is 0 Å². The van der Waals surface area contributed by atoms with Crippen LogP contribution in [0.5, 0.6) is 0 Å². The molecule has 0 aliphatic rings. The van der Waals surface area contributed by atoms with E-state index in [-0.39, 0.29) is 16.8 Å². The summed E-state index contributed by atoms with van der Waals surface area (Å²) in [5.41, 5.74) is 1.33. The second-order valence-electron chi connectivity index (χ2n) is 6.51. The maximum absolute atomic E-state index is 12.4. The van der Waals surface area contributed by atoms with Crippen molar-refractivity contribution in [2.75, 3.05) is 5.32 Å². The van der Waals surface area contributed by atoms with Gasteiger partial charge in [-0.25, -0.2) is 13.1 Å². The average molecular weight is 399 g/mol. The van der Waals surface area contributed by atoms with E-state index in [9.17, 15) is 13.2 Å². The number of nitrogens with zero attached hydrogens (tertiary/aromatic N) is 3. The quantitative estimate of drug-likeness (QED) is 0.634. The molecule has 0 bridgehead atoms. The van der Waals surface area contributed by atoms with Crippen LogP contribution >= 0.6 is 0 Å². The van der Waals surface area contributed by atoms with E-state index in [1.54, 1.807) is 43.2 Å². The Bertz CT molecular complexity index is 1040. The van der Waals surface area contributed by atoms with E-state index in [1.165, 1.54) is 24.3 Å². The van der Waals surface area contributed by atoms with Crippen molar-refractivity contribution in [1.82, 2.24) is 19.5 Å². The highest BCUT2D eigenvalue weighted by molar-refractivity contribution is 7.89. The molecule has 3 rings (SSSR count). The molecule has 0 saturated heterocycles. The Morgan fingerprint density at radius 3 is 2.54 bits per heavy atom. The number of amides is 1. The summed E-state index contributed by atoms with van der Waals surface area (Å²) in [4.78, 5) is 16.6. The molecule has 9 heteroatoms. The molecule has 0 saturated carbocycles. The minimum atomic E-state index is -3.59. The Morgan fingerprint density at radius 1 is 1.14 bits per heavy atom. The second-order valence-corrected chi connectivity index (χ2v) is 8.23. The van der Waals surface area contributed by atoms with Gasteiger partial charge in [-0.05, 0) is 49.7 Å². The monoisotopic (exact) mass is 399 g/mol. The molecule has 3 aromatic rings. The lowest BCUT2D eigenvalue weighted by molar-refractivity contribution is 0.102. The summed E-state index contributed by atoms with van der Waals surface area (Å²) in [6.45, 7) is 4.03. The summed E-state index contributed by atoms with van der Waals surface area (Å²) in [7, 11) is -3.59. The van der Waals surface area contributed by atoms with Gasteiger partial charge >= 0.3 is 0 Å². The number of benzene rings is 1. The van der Waals surface area contributed by atoms with Crippen molar-refractivity contribution in [3.63, 3.8) is 0 Å². The van der Waals surface area contributed by atoms with Crippen LogP contribution in [0.3, 0.4) is 0 Å². The van der Waals surface area contributed by atoms with Gasteiger partial charge < -0.3 is 5.32 Å². The summed E-state index contributed by atoms with van der Waals surface area (Å²) in [6.07, 6.45) is 5.22. The van der Waals surface area contributed by atoms with Gasteiger partial charge in [0.15, 0.2) is 5.82 Å². The van der Waals surface area contributed by atoms with Crippen molar-refractivity contribution >= 4 is 21.7 Å². The molecule has 1 amide bonds. The predicted octanol–water partition coefficient (Wildman–Crippen LogP) is 2.27. The van der Waals surface area contributed by atoms with Crippen LogP contribution < -0.4 is 10.0 Å². The van der Waals surface area contributed by atoms with Gasteiger partial charge in [0.25, 0.3) is 5.91 Å². The van der Waals surface area contributed by atoms with Crippen LogP contribution in [0.15, 0.2) is 66.0 Å². The molecule has 8 nitrogen and oxygen atoms in total. The zero-order valence-electron chi connectivity index (χ0n) is 15.5. The van der Waals surface area contributed by atoms with Gasteiger partial charge in [-0.3, -0.25) is 14.5 Å². The standard InChI is InChI=1S/C19H21N5O3S/c1-14(2)23-28(26,27)17-7-5-16(6-8-17)19(25)21-18-9-11-24(22-18)13-15-4-3-10-20-12-15/h3-12,14,23H,13H2,1-2H3,(H,21,22,25). The van der Waals surface area contributed by atoms with Crippen molar-refractivity contribution in [1.29, 1.82) is 0 Å². The Kier molecular flexibility index (Phi) is 5.86. The molecule has 0 aliphatic heterocycles. The number of carbonyl (C=O) groups excluding carboxylic acids is 1. The first-order valence-electron chi connectivity index (χ1n) is 8.69. The van der Waals surface area contributed by atoms with Gasteiger partial charge in [-0.15, -0.1) is 0 Å². The average Bonchev–Trinajstić information content (AvgIpc) is 3.08. The number of nitrogens with one attached hydrogen (secondary N) is 2. The molecule has 146 valence electrons. The van der Waals surface area contributed by atoms with Crippen LogP contribution in [-0.4, -0.2) is 35.1 Å². The molecule has 0 unspecified atom stereocenters. The summed E-state index contributed by atoms with van der Waals surface area (Å²) in [5, 5.41) is 7.01. The SMILES string of the molecule is CC(C)NS(=O)(=O)c1ccc(C(=O)Nc2ccn(Cc3cccnc3)n2)cc1. The summed E-state index contributed by atoms with van der Waals surface area (Å²) in [6, 6.07) is 11.0. The predicted molar refractivity (Wildman–Crippen MR) is 105 cm³/mol. The molecule has 0 fully saturated rings. The van der Waals surface area contributed by atoms with Crippen molar-refractivity contribution in [3.05, 3.63) is 72.2 Å². The Labute approximate surface area is 163 Å². The number of carbonyl (C=O) groups is 1. The zero-order chi connectivity index (χ0) is 20.1. The summed E-state index contributed by atoms with van der Waals surface area (Å²) < 4.78 is 28.5. The summed E-state index contributed by atoms with van der Waals surface area (Å²) in [5.74, 6) is 0.0412. The highest BCUT2D eigenvalue weighted by atomic mass is 32.2. The molecule has 2 N–H and O–H groups in total. The molecule has 2 aromatic heterocycles. The number of anilines is 1. The minimum absolute atomic E-state index is 0.110.